The van der Waals surface area contributed by atoms with Gasteiger partial charge in [-0.25, -0.2) is 9.97 Å². The minimum Gasteiger partial charge on any atom is -0.355 e. The Bertz CT molecular complexity index is 745. The van der Waals surface area contributed by atoms with Crippen molar-refractivity contribution in [2.24, 2.45) is 0 Å². The van der Waals surface area contributed by atoms with Crippen LogP contribution >= 0.6 is 23.4 Å². The van der Waals surface area contributed by atoms with Gasteiger partial charge in [-0.1, -0.05) is 60.6 Å². The molecule has 2 aromatic rings. The van der Waals surface area contributed by atoms with E-state index in [9.17, 15) is 4.79 Å². The molecule has 0 atom stereocenters. The second-order valence-corrected chi connectivity index (χ2v) is 8.16. The highest BCUT2D eigenvalue weighted by Gasteiger charge is 2.14. The lowest BCUT2D eigenvalue weighted by atomic mass is 10.2. The Labute approximate surface area is 176 Å². The fraction of sp³-hybridized carbons (Fsp3) is 0.450. The molecule has 0 aliphatic carbocycles. The fourth-order valence-electron chi connectivity index (χ4n) is 2.49. The van der Waals surface area contributed by atoms with Crippen molar-refractivity contribution in [3.05, 3.63) is 47.1 Å². The van der Waals surface area contributed by atoms with Crippen LogP contribution in [0.15, 0.2) is 41.6 Å². The third-order valence-corrected chi connectivity index (χ3v) is 5.03. The van der Waals surface area contributed by atoms with Gasteiger partial charge in [0.1, 0.15) is 11.0 Å². The van der Waals surface area contributed by atoms with Gasteiger partial charge >= 0.3 is 0 Å². The Kier molecular flexibility index (Phi) is 9.54. The van der Waals surface area contributed by atoms with E-state index in [1.807, 2.05) is 25.1 Å². The summed E-state index contributed by atoms with van der Waals surface area (Å²) in [5.74, 6) is 1.04. The summed E-state index contributed by atoms with van der Waals surface area (Å²) in [6.07, 6.45) is 0.913. The predicted octanol–water partition coefficient (Wildman–Crippen LogP) is 1.90. The van der Waals surface area contributed by atoms with Crippen molar-refractivity contribution in [1.29, 1.82) is 0 Å². The molecule has 1 amide bonds. The molecule has 0 saturated heterocycles. The maximum absolute atomic E-state index is 11.9. The van der Waals surface area contributed by atoms with Crippen molar-refractivity contribution in [3.63, 3.8) is 0 Å². The van der Waals surface area contributed by atoms with E-state index in [2.05, 4.69) is 46.4 Å². The summed E-state index contributed by atoms with van der Waals surface area (Å²) >= 11 is 7.57. The Morgan fingerprint density at radius 2 is 2.00 bits per heavy atom. The molecular formula is C20H29ClN5OS+. The van der Waals surface area contributed by atoms with E-state index in [-0.39, 0.29) is 11.7 Å². The van der Waals surface area contributed by atoms with E-state index in [1.54, 1.807) is 6.07 Å². The largest absolute Gasteiger partial charge is 0.355 e. The summed E-state index contributed by atoms with van der Waals surface area (Å²) in [6.45, 7) is 5.25. The van der Waals surface area contributed by atoms with Gasteiger partial charge in [0.25, 0.3) is 0 Å². The van der Waals surface area contributed by atoms with Crippen molar-refractivity contribution >= 4 is 35.1 Å². The lowest BCUT2D eigenvalue weighted by molar-refractivity contribution is -0.856. The Morgan fingerprint density at radius 3 is 2.68 bits per heavy atom. The van der Waals surface area contributed by atoms with Crippen LogP contribution < -0.4 is 15.1 Å². The Hall–Kier alpha value is -1.83. The number of nitrogens with one attached hydrogen (secondary N) is 2. The third-order valence-electron chi connectivity index (χ3n) is 3.99. The standard InChI is InChI=1S/C20H28ClN5OS/c1-4-10-22-19(27)15-28-20-23-17(21)13-18(24-20)26(12-11-25(2)3)14-16-8-6-5-7-9-16/h5-9,13H,4,10-12,14-15H2,1-3H3,(H,22,27)/p+1. The summed E-state index contributed by atoms with van der Waals surface area (Å²) in [7, 11) is 4.26. The van der Waals surface area contributed by atoms with Crippen molar-refractivity contribution in [3.8, 4) is 0 Å². The number of benzene rings is 1. The number of hydrogen-bond acceptors (Lipinski definition) is 5. The highest BCUT2D eigenvalue weighted by molar-refractivity contribution is 7.99. The molecule has 0 saturated carbocycles. The molecule has 0 aliphatic heterocycles. The molecule has 6 nitrogen and oxygen atoms in total. The number of aromatic nitrogens is 2. The molecule has 2 rings (SSSR count). The summed E-state index contributed by atoms with van der Waals surface area (Å²) in [5.41, 5.74) is 1.21. The topological polar surface area (TPSA) is 62.6 Å². The number of nitrogens with zero attached hydrogens (tertiary/aromatic N) is 3. The molecular weight excluding hydrogens is 394 g/mol. The normalized spacial score (nSPS) is 10.9. The van der Waals surface area contributed by atoms with Gasteiger partial charge in [-0.15, -0.1) is 0 Å². The van der Waals surface area contributed by atoms with Crippen LogP contribution in [-0.4, -0.2) is 55.4 Å². The van der Waals surface area contributed by atoms with E-state index >= 15 is 0 Å². The zero-order chi connectivity index (χ0) is 20.4. The first-order valence-electron chi connectivity index (χ1n) is 9.50. The van der Waals surface area contributed by atoms with Crippen molar-refractivity contribution in [1.82, 2.24) is 15.3 Å². The monoisotopic (exact) mass is 422 g/mol. The van der Waals surface area contributed by atoms with Crippen LogP contribution in [0.25, 0.3) is 0 Å². The van der Waals surface area contributed by atoms with Gasteiger partial charge in [-0.2, -0.15) is 0 Å². The average molecular weight is 423 g/mol. The minimum atomic E-state index is -0.0191. The maximum atomic E-state index is 11.9. The number of likely N-dealkylation sites (N-methyl/N-ethyl adjacent to an activating group) is 1. The summed E-state index contributed by atoms with van der Waals surface area (Å²) in [6, 6.07) is 12.1. The molecule has 0 radical (unpaired) electrons. The van der Waals surface area contributed by atoms with Crippen LogP contribution in [0.4, 0.5) is 5.82 Å². The quantitative estimate of drug-likeness (QED) is 0.329. The number of rotatable bonds is 11. The first-order valence-corrected chi connectivity index (χ1v) is 10.9. The van der Waals surface area contributed by atoms with Gasteiger partial charge in [-0.05, 0) is 12.0 Å². The van der Waals surface area contributed by atoms with Crippen LogP contribution in [-0.2, 0) is 11.3 Å². The van der Waals surface area contributed by atoms with Crippen LogP contribution in [0.5, 0.6) is 0 Å². The van der Waals surface area contributed by atoms with Gasteiger partial charge in [0.05, 0.1) is 32.9 Å². The zero-order valence-electron chi connectivity index (χ0n) is 16.7. The number of carbonyl (C=O) groups is 1. The molecule has 1 aromatic carbocycles. The molecule has 1 heterocycles. The third kappa shape index (κ3) is 8.04. The van der Waals surface area contributed by atoms with E-state index < -0.39 is 0 Å². The van der Waals surface area contributed by atoms with Gasteiger partial charge < -0.3 is 15.1 Å². The number of hydrogen-bond donors (Lipinski definition) is 2. The Morgan fingerprint density at radius 1 is 1.25 bits per heavy atom. The first kappa shape index (κ1) is 22.5. The fourth-order valence-corrected chi connectivity index (χ4v) is 3.41. The molecule has 0 unspecified atom stereocenters. The number of carbonyl (C=O) groups excluding carboxylic acids is 1. The SMILES string of the molecule is CCCNC(=O)CSc1nc(Cl)cc(N(CC[NH+](C)C)Cc2ccccc2)n1. The second kappa shape index (κ2) is 11.9. The van der Waals surface area contributed by atoms with Gasteiger partial charge in [-0.3, -0.25) is 4.79 Å². The molecule has 0 fully saturated rings. The number of quaternary nitrogens is 1. The number of anilines is 1. The summed E-state index contributed by atoms with van der Waals surface area (Å²) in [5, 5.41) is 3.76. The van der Waals surface area contributed by atoms with Crippen LogP contribution in [0.2, 0.25) is 5.15 Å². The highest BCUT2D eigenvalue weighted by atomic mass is 35.5. The first-order chi connectivity index (χ1) is 13.5. The second-order valence-electron chi connectivity index (χ2n) is 6.83. The molecule has 28 heavy (non-hydrogen) atoms. The number of amides is 1. The van der Waals surface area contributed by atoms with Crippen molar-refractivity contribution < 1.29 is 9.69 Å². The smallest absolute Gasteiger partial charge is 0.230 e. The average Bonchev–Trinajstić information content (AvgIpc) is 2.68. The summed E-state index contributed by atoms with van der Waals surface area (Å²) in [4.78, 5) is 24.4. The molecule has 0 aliphatic rings. The van der Waals surface area contributed by atoms with Gasteiger partial charge in [0, 0.05) is 19.2 Å². The van der Waals surface area contributed by atoms with Gasteiger partial charge in [0.15, 0.2) is 5.16 Å². The molecule has 8 heteroatoms. The lowest BCUT2D eigenvalue weighted by Crippen LogP contribution is -3.06. The molecule has 152 valence electrons. The van der Waals surface area contributed by atoms with Gasteiger partial charge in [0.2, 0.25) is 5.91 Å². The van der Waals surface area contributed by atoms with Crippen LogP contribution in [0.1, 0.15) is 18.9 Å². The number of thioether (sulfide) groups is 1. The van der Waals surface area contributed by atoms with Crippen LogP contribution in [0.3, 0.4) is 0 Å². The van der Waals surface area contributed by atoms with Crippen molar-refractivity contribution in [2.75, 3.05) is 44.4 Å². The van der Waals surface area contributed by atoms with E-state index in [0.717, 1.165) is 31.9 Å². The molecule has 2 N–H and O–H groups in total. The lowest BCUT2D eigenvalue weighted by Gasteiger charge is -2.24. The van der Waals surface area contributed by atoms with E-state index in [4.69, 9.17) is 11.6 Å². The molecule has 0 spiro atoms. The molecule has 1 aromatic heterocycles. The van der Waals surface area contributed by atoms with E-state index in [1.165, 1.54) is 22.2 Å². The van der Waals surface area contributed by atoms with E-state index in [0.29, 0.717) is 16.9 Å². The summed E-state index contributed by atoms with van der Waals surface area (Å²) < 4.78 is 0. The Balaban J connectivity index is 2.14. The van der Waals surface area contributed by atoms with Crippen LogP contribution in [0, 0.1) is 0 Å². The predicted molar refractivity (Wildman–Crippen MR) is 116 cm³/mol. The van der Waals surface area contributed by atoms with Crippen molar-refractivity contribution in [2.45, 2.75) is 25.0 Å². The minimum absolute atomic E-state index is 0.0191. The highest BCUT2D eigenvalue weighted by Crippen LogP contribution is 2.23. The zero-order valence-corrected chi connectivity index (χ0v) is 18.3. The maximum Gasteiger partial charge on any atom is 0.230 e. The number of halogens is 1. The molecule has 0 bridgehead atoms.